The van der Waals surface area contributed by atoms with Gasteiger partial charge in [-0.05, 0) is 12.1 Å². The third-order valence-corrected chi connectivity index (χ3v) is 3.08. The van der Waals surface area contributed by atoms with Gasteiger partial charge in [-0.2, -0.15) is 48.3 Å². The minimum Gasteiger partial charge on any atom is -0.310 e. The average molecular weight is 419 g/mol. The molecule has 0 aliphatic rings. The van der Waals surface area contributed by atoms with Crippen LogP contribution in [0.1, 0.15) is 0 Å². The number of likely N-dealkylation sites (N-methyl/N-ethyl adjacent to an activating group) is 1. The quantitative estimate of drug-likeness (QED) is 0.649. The molecule has 1 rings (SSSR count). The van der Waals surface area contributed by atoms with E-state index in [-0.39, 0.29) is 4.90 Å². The van der Waals surface area contributed by atoms with Crippen molar-refractivity contribution >= 4 is 11.6 Å². The van der Waals surface area contributed by atoms with Gasteiger partial charge in [-0.25, -0.2) is 0 Å². The highest BCUT2D eigenvalue weighted by Gasteiger charge is 2.79. The average Bonchev–Trinajstić information content (AvgIpc) is 2.51. The molecule has 0 N–H and O–H groups in total. The first-order chi connectivity index (χ1) is 11.9. The molecule has 14 heteroatoms. The van der Waals surface area contributed by atoms with E-state index < -0.39 is 41.8 Å². The van der Waals surface area contributed by atoms with Crippen LogP contribution < -0.4 is 4.90 Å². The lowest BCUT2D eigenvalue weighted by Crippen LogP contribution is -2.63. The van der Waals surface area contributed by atoms with Gasteiger partial charge in [0.15, 0.2) is 0 Å². The van der Waals surface area contributed by atoms with Gasteiger partial charge in [0.05, 0.1) is 0 Å². The summed E-state index contributed by atoms with van der Waals surface area (Å²) in [6.07, 6.45) is -20.9. The fourth-order valence-electron chi connectivity index (χ4n) is 1.61. The number of carbonyl (C=O) groups excluding carboxylic acids is 1. The molecule has 1 aromatic carbocycles. The van der Waals surface area contributed by atoms with Crippen molar-refractivity contribution in [2.45, 2.75) is 30.2 Å². The van der Waals surface area contributed by atoms with Gasteiger partial charge < -0.3 is 4.90 Å². The first-order valence-electron chi connectivity index (χ1n) is 6.50. The predicted molar refractivity (Wildman–Crippen MR) is 66.8 cm³/mol. The maximum atomic E-state index is 14.1. The first-order valence-corrected chi connectivity index (χ1v) is 6.50. The molecule has 0 spiro atoms. The molecule has 0 bridgehead atoms. The largest absolute Gasteiger partial charge is 0.462 e. The fourth-order valence-corrected chi connectivity index (χ4v) is 1.61. The van der Waals surface area contributed by atoms with E-state index in [0.29, 0.717) is 7.05 Å². The van der Waals surface area contributed by atoms with Crippen LogP contribution in [0.25, 0.3) is 0 Å². The molecule has 0 heterocycles. The van der Waals surface area contributed by atoms with E-state index in [2.05, 4.69) is 4.74 Å². The molecular weight excluding hydrogens is 411 g/mol. The monoisotopic (exact) mass is 419 g/mol. The Labute approximate surface area is 143 Å². The number of rotatable bonds is 5. The Morgan fingerprint density at radius 2 is 1.26 bits per heavy atom. The van der Waals surface area contributed by atoms with Crippen LogP contribution in [0.3, 0.4) is 0 Å². The Morgan fingerprint density at radius 1 is 0.815 bits per heavy atom. The van der Waals surface area contributed by atoms with Crippen LogP contribution in [0.2, 0.25) is 0 Å². The van der Waals surface area contributed by atoms with E-state index in [0.717, 1.165) is 24.3 Å². The Morgan fingerprint density at radius 3 is 1.63 bits per heavy atom. The maximum Gasteiger partial charge on any atom is 0.462 e. The SMILES string of the molecule is CN(C(=O)[C@@](F)(OC(F)(F)C(F)(F)C(F)(F)F)C(F)(F)F)c1ccccc1. The standard InChI is InChI=1S/C13H8F11NO2/c1-25(7-5-3-2-4-6-7)8(26)9(14,11(17,18)19)27-13(23,24)10(15,16)12(20,21)22/h2-6H,1H3/t9-/m1/s1. The molecular formula is C13H8F11NO2. The molecule has 0 saturated carbocycles. The summed E-state index contributed by atoms with van der Waals surface area (Å²) >= 11 is 0. The number of anilines is 1. The van der Waals surface area contributed by atoms with Gasteiger partial charge in [-0.1, -0.05) is 18.2 Å². The van der Waals surface area contributed by atoms with Crippen LogP contribution in [-0.2, 0) is 9.53 Å². The van der Waals surface area contributed by atoms with Crippen LogP contribution in [-0.4, -0.2) is 43.2 Å². The van der Waals surface area contributed by atoms with Crippen molar-refractivity contribution in [3.8, 4) is 0 Å². The number of benzene rings is 1. The second-order valence-corrected chi connectivity index (χ2v) is 4.98. The van der Waals surface area contributed by atoms with Gasteiger partial charge in [-0.15, -0.1) is 0 Å². The number of para-hydroxylation sites is 1. The molecule has 0 aromatic heterocycles. The number of carbonyl (C=O) groups is 1. The summed E-state index contributed by atoms with van der Waals surface area (Å²) in [6.45, 7) is 0. The highest BCUT2D eigenvalue weighted by molar-refractivity contribution is 5.98. The van der Waals surface area contributed by atoms with Gasteiger partial charge in [-0.3, -0.25) is 9.53 Å². The second-order valence-electron chi connectivity index (χ2n) is 4.98. The van der Waals surface area contributed by atoms with Crippen LogP contribution in [0.15, 0.2) is 30.3 Å². The van der Waals surface area contributed by atoms with Gasteiger partial charge >= 0.3 is 36.1 Å². The molecule has 1 atom stereocenters. The number of hydrogen-bond donors (Lipinski definition) is 0. The van der Waals surface area contributed by atoms with Crippen LogP contribution in [0.4, 0.5) is 54.0 Å². The fraction of sp³-hybridized carbons (Fsp3) is 0.462. The summed E-state index contributed by atoms with van der Waals surface area (Å²) in [5.41, 5.74) is -0.525. The third kappa shape index (κ3) is 4.09. The van der Waals surface area contributed by atoms with Crippen LogP contribution in [0, 0.1) is 0 Å². The Bertz CT molecular complexity index is 671. The summed E-state index contributed by atoms with van der Waals surface area (Å²) in [7, 11) is 0.432. The highest BCUT2D eigenvalue weighted by Crippen LogP contribution is 2.51. The number of amides is 1. The lowest BCUT2D eigenvalue weighted by molar-refractivity contribution is -0.472. The molecule has 3 nitrogen and oxygen atoms in total. The lowest BCUT2D eigenvalue weighted by Gasteiger charge is -2.35. The van der Waals surface area contributed by atoms with Crippen molar-refractivity contribution in [1.82, 2.24) is 0 Å². The van der Waals surface area contributed by atoms with Gasteiger partial charge in [0.2, 0.25) is 0 Å². The summed E-state index contributed by atoms with van der Waals surface area (Å²) < 4.78 is 143. The zero-order valence-electron chi connectivity index (χ0n) is 12.8. The van der Waals surface area contributed by atoms with E-state index in [9.17, 15) is 53.1 Å². The van der Waals surface area contributed by atoms with E-state index >= 15 is 0 Å². The Balaban J connectivity index is 3.39. The minimum absolute atomic E-state index is 0.241. The molecule has 1 aromatic rings. The predicted octanol–water partition coefficient (Wildman–Crippen LogP) is 4.68. The van der Waals surface area contributed by atoms with Crippen molar-refractivity contribution < 1.29 is 57.8 Å². The maximum absolute atomic E-state index is 14.1. The van der Waals surface area contributed by atoms with Crippen molar-refractivity contribution in [3.05, 3.63) is 30.3 Å². The third-order valence-electron chi connectivity index (χ3n) is 3.08. The highest BCUT2D eigenvalue weighted by atomic mass is 19.4. The van der Waals surface area contributed by atoms with Crippen LogP contribution in [0.5, 0.6) is 0 Å². The van der Waals surface area contributed by atoms with E-state index in [1.807, 2.05) is 0 Å². The molecule has 0 aliphatic carbocycles. The molecule has 0 saturated heterocycles. The smallest absolute Gasteiger partial charge is 0.310 e. The second kappa shape index (κ2) is 6.80. The number of nitrogens with zero attached hydrogens (tertiary/aromatic N) is 1. The summed E-state index contributed by atoms with van der Waals surface area (Å²) in [5, 5.41) is 0. The lowest BCUT2D eigenvalue weighted by atomic mass is 10.2. The number of alkyl halides is 11. The van der Waals surface area contributed by atoms with E-state index in [1.54, 1.807) is 0 Å². The normalized spacial score (nSPS) is 16.0. The molecule has 0 aliphatic heterocycles. The number of halogens is 11. The molecule has 27 heavy (non-hydrogen) atoms. The van der Waals surface area contributed by atoms with Crippen molar-refractivity contribution in [2.24, 2.45) is 0 Å². The van der Waals surface area contributed by atoms with Gasteiger partial charge in [0, 0.05) is 12.7 Å². The Hall–Kier alpha value is -2.12. The number of ether oxygens (including phenoxy) is 1. The van der Waals surface area contributed by atoms with E-state index in [1.165, 1.54) is 6.07 Å². The van der Waals surface area contributed by atoms with Crippen molar-refractivity contribution in [2.75, 3.05) is 11.9 Å². The summed E-state index contributed by atoms with van der Waals surface area (Å²) in [4.78, 5) is 11.5. The molecule has 154 valence electrons. The molecule has 1 amide bonds. The zero-order chi connectivity index (χ0) is 21.5. The minimum atomic E-state index is -7.23. The zero-order valence-corrected chi connectivity index (χ0v) is 12.8. The molecule has 0 fully saturated rings. The topological polar surface area (TPSA) is 29.5 Å². The van der Waals surface area contributed by atoms with Gasteiger partial charge in [0.25, 0.3) is 0 Å². The Kier molecular flexibility index (Phi) is 5.77. The summed E-state index contributed by atoms with van der Waals surface area (Å²) in [6, 6.07) is 5.34. The van der Waals surface area contributed by atoms with Crippen molar-refractivity contribution in [1.29, 1.82) is 0 Å². The van der Waals surface area contributed by atoms with Gasteiger partial charge in [0.1, 0.15) is 0 Å². The first kappa shape index (κ1) is 22.9. The molecule has 0 radical (unpaired) electrons. The van der Waals surface area contributed by atoms with E-state index in [4.69, 9.17) is 0 Å². The summed E-state index contributed by atoms with van der Waals surface area (Å²) in [5.74, 6) is -16.4. The molecule has 0 unspecified atom stereocenters. The number of hydrogen-bond acceptors (Lipinski definition) is 2. The van der Waals surface area contributed by atoms with Crippen LogP contribution >= 0.6 is 0 Å². The van der Waals surface area contributed by atoms with Crippen molar-refractivity contribution in [3.63, 3.8) is 0 Å².